The lowest BCUT2D eigenvalue weighted by Crippen LogP contribution is -2.08. The van der Waals surface area contributed by atoms with Gasteiger partial charge < -0.3 is 9.84 Å². The molecule has 3 rings (SSSR count). The van der Waals surface area contributed by atoms with E-state index in [2.05, 4.69) is 36.0 Å². The molecular weight excluding hydrogens is 434 g/mol. The third kappa shape index (κ3) is 7.19. The predicted octanol–water partition coefficient (Wildman–Crippen LogP) is 7.57. The van der Waals surface area contributed by atoms with Gasteiger partial charge in [-0.3, -0.25) is 0 Å². The summed E-state index contributed by atoms with van der Waals surface area (Å²) in [5, 5.41) is 9.27. The molecule has 0 fully saturated rings. The Balaban J connectivity index is 1.50. The van der Waals surface area contributed by atoms with E-state index in [1.165, 1.54) is 18.9 Å². The molecule has 6 heteroatoms. The van der Waals surface area contributed by atoms with Crippen LogP contribution in [0.3, 0.4) is 0 Å². The molecule has 0 bridgehead atoms. The smallest absolute Gasteiger partial charge is 0.201 e. The summed E-state index contributed by atoms with van der Waals surface area (Å²) in [6.45, 7) is 5.20. The van der Waals surface area contributed by atoms with Crippen LogP contribution >= 0.6 is 0 Å². The van der Waals surface area contributed by atoms with E-state index in [0.717, 1.165) is 55.0 Å². The molecule has 34 heavy (non-hydrogen) atoms. The predicted molar refractivity (Wildman–Crippen MR) is 132 cm³/mol. The summed E-state index contributed by atoms with van der Waals surface area (Å²) in [5.74, 6) is -3.16. The lowest BCUT2D eigenvalue weighted by Gasteiger charge is -2.12. The Morgan fingerprint density at radius 2 is 1.68 bits per heavy atom. The highest BCUT2D eigenvalue weighted by molar-refractivity contribution is 5.66. The van der Waals surface area contributed by atoms with Crippen molar-refractivity contribution in [2.45, 2.75) is 58.5 Å². The van der Waals surface area contributed by atoms with Crippen LogP contribution in [0.1, 0.15) is 57.9 Å². The van der Waals surface area contributed by atoms with Gasteiger partial charge in [-0.05, 0) is 55.9 Å². The quantitative estimate of drug-likeness (QED) is 0.280. The summed E-state index contributed by atoms with van der Waals surface area (Å²) in [7, 11) is 0. The first kappa shape index (κ1) is 25.5. The number of aromatic nitrogens is 2. The maximum Gasteiger partial charge on any atom is 0.201 e. The van der Waals surface area contributed by atoms with Gasteiger partial charge in [0.05, 0.1) is 11.7 Å². The Hall–Kier alpha value is -3.12. The van der Waals surface area contributed by atoms with Crippen molar-refractivity contribution in [2.24, 2.45) is 0 Å². The number of phenols is 1. The van der Waals surface area contributed by atoms with Crippen molar-refractivity contribution in [3.05, 3.63) is 72.1 Å². The van der Waals surface area contributed by atoms with Crippen LogP contribution in [0.4, 0.5) is 8.78 Å². The molecule has 1 N–H and O–H groups in total. The van der Waals surface area contributed by atoms with Crippen LogP contribution in [0.2, 0.25) is 0 Å². The zero-order valence-corrected chi connectivity index (χ0v) is 19.8. The number of phenolic OH excluding ortho intramolecular Hbond substituents is 1. The van der Waals surface area contributed by atoms with Crippen molar-refractivity contribution in [2.75, 3.05) is 6.61 Å². The highest BCUT2D eigenvalue weighted by Gasteiger charge is 2.16. The second kappa shape index (κ2) is 12.9. The largest absolute Gasteiger partial charge is 0.505 e. The number of nitrogens with zero attached hydrogens (tertiary/aromatic N) is 2. The molecule has 180 valence electrons. The van der Waals surface area contributed by atoms with Crippen LogP contribution in [-0.4, -0.2) is 27.8 Å². The van der Waals surface area contributed by atoms with Crippen LogP contribution in [0, 0.1) is 11.6 Å². The number of unbranched alkanes of at least 4 members (excludes halogenated alkanes) is 3. The fourth-order valence-electron chi connectivity index (χ4n) is 3.58. The van der Waals surface area contributed by atoms with E-state index in [9.17, 15) is 13.9 Å². The van der Waals surface area contributed by atoms with Gasteiger partial charge in [-0.1, -0.05) is 56.2 Å². The molecule has 0 saturated heterocycles. The maximum absolute atomic E-state index is 14.1. The molecule has 1 atom stereocenters. The van der Waals surface area contributed by atoms with E-state index >= 15 is 0 Å². The number of aromatic hydroxyl groups is 1. The van der Waals surface area contributed by atoms with Crippen molar-refractivity contribution < 1.29 is 18.6 Å². The second-order valence-electron chi connectivity index (χ2n) is 8.40. The third-order valence-electron chi connectivity index (χ3n) is 5.64. The molecule has 4 nitrogen and oxygen atoms in total. The van der Waals surface area contributed by atoms with Gasteiger partial charge in [-0.25, -0.2) is 14.4 Å². The van der Waals surface area contributed by atoms with E-state index in [4.69, 9.17) is 4.74 Å². The molecule has 0 spiro atoms. The fourth-order valence-corrected chi connectivity index (χ4v) is 3.58. The summed E-state index contributed by atoms with van der Waals surface area (Å²) >= 11 is 0. The van der Waals surface area contributed by atoms with Crippen LogP contribution in [-0.2, 0) is 4.74 Å². The molecule has 0 amide bonds. The molecular formula is C28H32F2N2O2. The van der Waals surface area contributed by atoms with Crippen molar-refractivity contribution in [1.29, 1.82) is 0 Å². The number of hydrogen-bond donors (Lipinski definition) is 1. The highest BCUT2D eigenvalue weighted by atomic mass is 19.2. The molecule has 0 saturated carbocycles. The number of hydrogen-bond acceptors (Lipinski definition) is 4. The Morgan fingerprint density at radius 1 is 0.941 bits per heavy atom. The van der Waals surface area contributed by atoms with E-state index in [0.29, 0.717) is 6.10 Å². The van der Waals surface area contributed by atoms with Gasteiger partial charge in [0.1, 0.15) is 0 Å². The summed E-state index contributed by atoms with van der Waals surface area (Å²) < 4.78 is 33.5. The van der Waals surface area contributed by atoms with E-state index in [-0.39, 0.29) is 11.4 Å². The lowest BCUT2D eigenvalue weighted by atomic mass is 10.1. The molecule has 0 radical (unpaired) electrons. The molecule has 3 aromatic rings. The van der Waals surface area contributed by atoms with Crippen molar-refractivity contribution in [3.63, 3.8) is 0 Å². The summed E-state index contributed by atoms with van der Waals surface area (Å²) in [6, 6.07) is 10.3. The summed E-state index contributed by atoms with van der Waals surface area (Å²) in [4.78, 5) is 8.34. The van der Waals surface area contributed by atoms with Crippen molar-refractivity contribution >= 4 is 6.08 Å². The fraction of sp³-hybridized carbons (Fsp3) is 0.357. The van der Waals surface area contributed by atoms with E-state index in [1.807, 2.05) is 24.3 Å². The molecule has 0 aliphatic rings. The first-order chi connectivity index (χ1) is 16.5. The third-order valence-corrected chi connectivity index (χ3v) is 5.64. The topological polar surface area (TPSA) is 55.2 Å². The average Bonchev–Trinajstić information content (AvgIpc) is 2.86. The van der Waals surface area contributed by atoms with Gasteiger partial charge in [0.25, 0.3) is 0 Å². The van der Waals surface area contributed by atoms with Gasteiger partial charge in [0.15, 0.2) is 17.4 Å². The van der Waals surface area contributed by atoms with Crippen LogP contribution in [0.25, 0.3) is 28.6 Å². The molecule has 0 aliphatic carbocycles. The van der Waals surface area contributed by atoms with Gasteiger partial charge in [0.2, 0.25) is 5.82 Å². The monoisotopic (exact) mass is 466 g/mol. The van der Waals surface area contributed by atoms with Crippen LogP contribution < -0.4 is 0 Å². The molecule has 1 unspecified atom stereocenters. The van der Waals surface area contributed by atoms with Gasteiger partial charge in [-0.15, -0.1) is 0 Å². The highest BCUT2D eigenvalue weighted by Crippen LogP contribution is 2.28. The first-order valence-corrected chi connectivity index (χ1v) is 11.9. The number of allylic oxidation sites excluding steroid dienone is 1. The normalized spacial score (nSPS) is 12.4. The Morgan fingerprint density at radius 3 is 2.38 bits per heavy atom. The Labute approximate surface area is 200 Å². The number of rotatable bonds is 12. The van der Waals surface area contributed by atoms with Gasteiger partial charge >= 0.3 is 0 Å². The molecule has 2 aromatic carbocycles. The van der Waals surface area contributed by atoms with Crippen LogP contribution in [0.15, 0.2) is 54.9 Å². The van der Waals surface area contributed by atoms with Crippen molar-refractivity contribution in [3.8, 4) is 28.3 Å². The number of benzene rings is 2. The van der Waals surface area contributed by atoms with E-state index < -0.39 is 17.4 Å². The van der Waals surface area contributed by atoms with Gasteiger partial charge in [0, 0.05) is 24.6 Å². The standard InChI is InChI=1S/C28H32F2N2O2/c1-3-4-8-17-34-20(2)9-6-5-7-10-21-11-13-22(14-12-21)23-18-31-28(32-19-23)24-15-16-25(33)27(30)26(24)29/h7,10-16,18-20,33H,3-6,8-9,17H2,1-2H3. The average molecular weight is 467 g/mol. The maximum atomic E-state index is 14.1. The number of ether oxygens (including phenoxy) is 1. The summed E-state index contributed by atoms with van der Waals surface area (Å²) in [5.41, 5.74) is 2.70. The van der Waals surface area contributed by atoms with E-state index in [1.54, 1.807) is 12.4 Å². The second-order valence-corrected chi connectivity index (χ2v) is 8.40. The SMILES string of the molecule is CCCCCOC(C)CCCC=Cc1ccc(-c2cnc(-c3ccc(O)c(F)c3F)nc2)cc1. The molecule has 1 heterocycles. The summed E-state index contributed by atoms with van der Waals surface area (Å²) in [6.07, 6.45) is 14.5. The van der Waals surface area contributed by atoms with Crippen LogP contribution in [0.5, 0.6) is 5.75 Å². The Kier molecular flexibility index (Phi) is 9.71. The molecule has 1 aromatic heterocycles. The zero-order chi connectivity index (χ0) is 24.3. The van der Waals surface area contributed by atoms with Gasteiger partial charge in [-0.2, -0.15) is 4.39 Å². The minimum Gasteiger partial charge on any atom is -0.505 e. The minimum absolute atomic E-state index is 0.0559. The first-order valence-electron chi connectivity index (χ1n) is 11.9. The lowest BCUT2D eigenvalue weighted by molar-refractivity contribution is 0.0566. The minimum atomic E-state index is -1.31. The van der Waals surface area contributed by atoms with Crippen molar-refractivity contribution in [1.82, 2.24) is 9.97 Å². The Bertz CT molecular complexity index is 1070. The zero-order valence-electron chi connectivity index (χ0n) is 19.8. The number of halogens is 2. The molecule has 0 aliphatic heterocycles.